The average molecular weight is 536 g/mol. The predicted octanol–water partition coefficient (Wildman–Crippen LogP) is 2.72. The molecule has 0 aromatic heterocycles. The number of carbonyl (C=O) groups excluding carboxylic acids is 1. The molecule has 4 N–H and O–H groups in total. The summed E-state index contributed by atoms with van der Waals surface area (Å²) >= 11 is 0. The summed E-state index contributed by atoms with van der Waals surface area (Å²) < 4.78 is 36.0. The molecule has 0 radical (unpaired) electrons. The zero-order chi connectivity index (χ0) is 27.2. The number of anilines is 2. The van der Waals surface area contributed by atoms with E-state index in [2.05, 4.69) is 14.9 Å². The van der Waals surface area contributed by atoms with Gasteiger partial charge in [-0.1, -0.05) is 0 Å². The summed E-state index contributed by atoms with van der Waals surface area (Å²) in [6.07, 6.45) is 2.03. The topological polar surface area (TPSA) is 137 Å². The molecule has 1 heterocycles. The van der Waals surface area contributed by atoms with Gasteiger partial charge in [-0.3, -0.25) is 4.72 Å². The number of aromatic hydroxyl groups is 1. The van der Waals surface area contributed by atoms with E-state index in [1.807, 2.05) is 32.9 Å². The van der Waals surface area contributed by atoms with Crippen molar-refractivity contribution >= 4 is 27.4 Å². The summed E-state index contributed by atoms with van der Waals surface area (Å²) in [5, 5.41) is 23.5. The number of benzene rings is 2. The molecule has 1 fully saturated rings. The number of nitrogens with zero attached hydrogens (tertiary/aromatic N) is 1. The van der Waals surface area contributed by atoms with Crippen molar-refractivity contribution < 1.29 is 32.9 Å². The summed E-state index contributed by atoms with van der Waals surface area (Å²) in [6, 6.07) is 11.9. The van der Waals surface area contributed by atoms with E-state index in [4.69, 9.17) is 9.47 Å². The number of piperidine rings is 1. The average Bonchev–Trinajstić information content (AvgIpc) is 2.82. The van der Waals surface area contributed by atoms with Crippen molar-refractivity contribution in [3.8, 4) is 11.5 Å². The Kier molecular flexibility index (Phi) is 9.27. The van der Waals surface area contributed by atoms with Crippen LogP contribution in [0.5, 0.6) is 11.5 Å². The van der Waals surface area contributed by atoms with Crippen LogP contribution in [0.15, 0.2) is 42.5 Å². The number of hydrogen-bond acceptors (Lipinski definition) is 9. The van der Waals surface area contributed by atoms with Gasteiger partial charge in [-0.05, 0) is 70.0 Å². The van der Waals surface area contributed by atoms with E-state index >= 15 is 0 Å². The summed E-state index contributed by atoms with van der Waals surface area (Å²) in [4.78, 5) is 14.5. The first-order valence-corrected chi connectivity index (χ1v) is 14.1. The summed E-state index contributed by atoms with van der Waals surface area (Å²) in [6.45, 7) is 7.59. The number of esters is 1. The Bertz CT molecular complexity index is 1160. The third-order valence-corrected chi connectivity index (χ3v) is 6.30. The van der Waals surface area contributed by atoms with Gasteiger partial charge in [0, 0.05) is 37.4 Å². The Morgan fingerprint density at radius 1 is 1.14 bits per heavy atom. The fourth-order valence-corrected chi connectivity index (χ4v) is 4.49. The smallest absolute Gasteiger partial charge is 0.338 e. The number of nitrogens with one attached hydrogen (secondary N) is 2. The molecule has 1 aliphatic heterocycles. The van der Waals surface area contributed by atoms with Crippen LogP contribution < -0.4 is 19.7 Å². The molecule has 0 bridgehead atoms. The fourth-order valence-electron chi connectivity index (χ4n) is 3.93. The number of phenolic OH excluding ortho intramolecular Hbond substituents is 1. The van der Waals surface area contributed by atoms with Crippen LogP contribution in [0.25, 0.3) is 0 Å². The highest BCUT2D eigenvalue weighted by molar-refractivity contribution is 7.92. The largest absolute Gasteiger partial charge is 0.506 e. The first kappa shape index (κ1) is 28.5. The lowest BCUT2D eigenvalue weighted by molar-refractivity contribution is 0.00695. The molecule has 1 aliphatic rings. The second-order valence-corrected chi connectivity index (χ2v) is 12.0. The van der Waals surface area contributed by atoms with Gasteiger partial charge in [0.05, 0.1) is 17.5 Å². The summed E-state index contributed by atoms with van der Waals surface area (Å²) in [7, 11) is -3.55. The van der Waals surface area contributed by atoms with Gasteiger partial charge in [0.2, 0.25) is 10.0 Å². The van der Waals surface area contributed by atoms with E-state index < -0.39 is 21.7 Å². The Labute approximate surface area is 218 Å². The van der Waals surface area contributed by atoms with Crippen LogP contribution in [-0.4, -0.2) is 74.8 Å². The van der Waals surface area contributed by atoms with Crippen LogP contribution >= 0.6 is 0 Å². The molecule has 0 amide bonds. The molecular weight excluding hydrogens is 498 g/mol. The molecule has 2 aromatic rings. The second kappa shape index (κ2) is 12.0. The van der Waals surface area contributed by atoms with Gasteiger partial charge in [-0.25, -0.2) is 13.2 Å². The Hall–Kier alpha value is -3.02. The molecule has 0 spiro atoms. The van der Waals surface area contributed by atoms with Gasteiger partial charge in [-0.15, -0.1) is 0 Å². The van der Waals surface area contributed by atoms with Crippen LogP contribution in [0.4, 0.5) is 11.4 Å². The number of aliphatic hydroxyl groups excluding tert-OH is 1. The summed E-state index contributed by atoms with van der Waals surface area (Å²) in [5.74, 6) is -0.222. The molecule has 3 rings (SSSR count). The zero-order valence-electron chi connectivity index (χ0n) is 21.7. The number of sulfonamides is 1. The van der Waals surface area contributed by atoms with Gasteiger partial charge < -0.3 is 29.9 Å². The minimum absolute atomic E-state index is 0.0128. The van der Waals surface area contributed by atoms with Crippen molar-refractivity contribution in [3.05, 3.63) is 48.0 Å². The van der Waals surface area contributed by atoms with E-state index in [1.165, 1.54) is 18.2 Å². The van der Waals surface area contributed by atoms with E-state index in [9.17, 15) is 23.4 Å². The molecule has 10 nitrogen and oxygen atoms in total. The van der Waals surface area contributed by atoms with E-state index in [-0.39, 0.29) is 30.1 Å². The van der Waals surface area contributed by atoms with Crippen LogP contribution in [0.3, 0.4) is 0 Å². The van der Waals surface area contributed by atoms with E-state index in [0.29, 0.717) is 17.9 Å². The van der Waals surface area contributed by atoms with Gasteiger partial charge in [0.15, 0.2) is 0 Å². The highest BCUT2D eigenvalue weighted by atomic mass is 32.2. The molecule has 0 unspecified atom stereocenters. The number of hydrogen-bond donors (Lipinski definition) is 4. The van der Waals surface area contributed by atoms with E-state index in [1.54, 1.807) is 12.1 Å². The molecule has 1 atom stereocenters. The van der Waals surface area contributed by atoms with Gasteiger partial charge in [0.25, 0.3) is 0 Å². The number of phenols is 1. The van der Waals surface area contributed by atoms with Crippen molar-refractivity contribution in [1.29, 1.82) is 0 Å². The Morgan fingerprint density at radius 3 is 2.38 bits per heavy atom. The highest BCUT2D eigenvalue weighted by Crippen LogP contribution is 2.29. The Morgan fingerprint density at radius 2 is 1.78 bits per heavy atom. The summed E-state index contributed by atoms with van der Waals surface area (Å²) in [5.41, 5.74) is 1.06. The maximum absolute atomic E-state index is 12.2. The third-order valence-electron chi connectivity index (χ3n) is 5.71. The number of rotatable bonds is 10. The van der Waals surface area contributed by atoms with Gasteiger partial charge in [-0.2, -0.15) is 0 Å². The number of aliphatic hydroxyl groups is 1. The highest BCUT2D eigenvalue weighted by Gasteiger charge is 2.21. The predicted molar refractivity (Wildman–Crippen MR) is 143 cm³/mol. The molecule has 1 saturated heterocycles. The number of carbonyl (C=O) groups is 1. The van der Waals surface area contributed by atoms with Crippen molar-refractivity contribution in [3.63, 3.8) is 0 Å². The monoisotopic (exact) mass is 535 g/mol. The molecule has 37 heavy (non-hydrogen) atoms. The molecule has 0 saturated carbocycles. The van der Waals surface area contributed by atoms with Crippen molar-refractivity contribution in [2.75, 3.05) is 42.1 Å². The molecular formula is C26H37N3O7S. The van der Waals surface area contributed by atoms with Crippen molar-refractivity contribution in [2.45, 2.75) is 51.4 Å². The zero-order valence-corrected chi connectivity index (χ0v) is 22.5. The van der Waals surface area contributed by atoms with Crippen molar-refractivity contribution in [1.82, 2.24) is 5.32 Å². The minimum Gasteiger partial charge on any atom is -0.506 e. The second-order valence-electron chi connectivity index (χ2n) is 10.2. The number of ether oxygens (including phenoxy) is 2. The maximum atomic E-state index is 12.2. The van der Waals surface area contributed by atoms with Crippen LogP contribution in [0.2, 0.25) is 0 Å². The molecule has 2 aromatic carbocycles. The SMILES string of the molecule is CC(C)(C)OC(=O)c1ccc(N2CCC(NC[C@H](O)COc3ccc(O)c(NS(C)(=O)=O)c3)CC2)cc1. The minimum atomic E-state index is -3.55. The van der Waals surface area contributed by atoms with Crippen LogP contribution in [-0.2, 0) is 14.8 Å². The quantitative estimate of drug-likeness (QED) is 0.267. The lowest BCUT2D eigenvalue weighted by Gasteiger charge is -2.34. The standard InChI is InChI=1S/C26H37N3O7S/c1-26(2,3)36-25(32)18-5-7-20(8-6-18)29-13-11-19(12-14-29)27-16-21(30)17-35-22-9-10-24(31)23(15-22)28-37(4,33)34/h5-10,15,19,21,27-28,30-31H,11-14,16-17H2,1-4H3/t21-/m0/s1. The van der Waals surface area contributed by atoms with Crippen LogP contribution in [0, 0.1) is 0 Å². The van der Waals surface area contributed by atoms with Crippen molar-refractivity contribution in [2.24, 2.45) is 0 Å². The maximum Gasteiger partial charge on any atom is 0.338 e. The third kappa shape index (κ3) is 9.42. The van der Waals surface area contributed by atoms with Gasteiger partial charge in [0.1, 0.15) is 29.8 Å². The molecule has 0 aliphatic carbocycles. The lowest BCUT2D eigenvalue weighted by Crippen LogP contribution is -2.45. The lowest BCUT2D eigenvalue weighted by atomic mass is 10.0. The van der Waals surface area contributed by atoms with E-state index in [0.717, 1.165) is 37.9 Å². The van der Waals surface area contributed by atoms with Crippen LogP contribution in [0.1, 0.15) is 44.0 Å². The normalized spacial score (nSPS) is 15.8. The first-order chi connectivity index (χ1) is 17.3. The van der Waals surface area contributed by atoms with Gasteiger partial charge >= 0.3 is 5.97 Å². The fraction of sp³-hybridized carbons (Fsp3) is 0.500. The Balaban J connectivity index is 1.40. The molecule has 11 heteroatoms. The molecule has 204 valence electrons. The first-order valence-electron chi connectivity index (χ1n) is 12.2.